The Morgan fingerprint density at radius 3 is 1.82 bits per heavy atom. The van der Waals surface area contributed by atoms with Crippen LogP contribution in [0.2, 0.25) is 0 Å². The van der Waals surface area contributed by atoms with Crippen LogP contribution in [0.4, 0.5) is 9.59 Å². The summed E-state index contributed by atoms with van der Waals surface area (Å²) in [5, 5.41) is 5.52. The fourth-order valence-corrected chi connectivity index (χ4v) is 11.1. The maximum Gasteiger partial charge on any atom is 0.407 e. The van der Waals surface area contributed by atoms with Gasteiger partial charge in [0.15, 0.2) is 0 Å². The molecule has 2 bridgehead atoms. The van der Waals surface area contributed by atoms with Crippen molar-refractivity contribution in [3.8, 4) is 33.5 Å². The molecule has 3 aliphatic carbocycles. The van der Waals surface area contributed by atoms with E-state index in [0.717, 1.165) is 71.6 Å². The molecule has 14 heteroatoms. The van der Waals surface area contributed by atoms with Crippen LogP contribution in [-0.2, 0) is 19.1 Å². The Morgan fingerprint density at radius 1 is 0.692 bits per heavy atom. The van der Waals surface area contributed by atoms with Crippen molar-refractivity contribution in [3.63, 3.8) is 0 Å². The standard InChI is InChI=1S/C51H62N8O6/c1-7-29(4)45(57-51(63)65-6)49(61)59-25-9-11-41(59)47-53-37-23-20-34(26-38(37)54-47)36-22-21-35(42-32-16-18-33(19-17-32)43(36)42)30-12-14-31(15-13-30)39-27-52-46(55-39)40-10-8-24-58(40)48(60)44(28(2)3)56-50(62)64-5/h12-15,20-23,26-29,32-33,40-41,44-45H,7-11,16-19,24-25H2,1-6H3,(H,52,55)(H,53,54)(H,56,62)(H,57,63)/t29?,32?,33?,40-,41-,44-,45-/m0/s1. The van der Waals surface area contributed by atoms with Gasteiger partial charge < -0.3 is 39.9 Å². The van der Waals surface area contributed by atoms with E-state index in [9.17, 15) is 19.2 Å². The van der Waals surface area contributed by atoms with Crippen molar-refractivity contribution >= 4 is 35.0 Å². The Hall–Kier alpha value is -6.18. The third-order valence-corrected chi connectivity index (χ3v) is 14.8. The highest BCUT2D eigenvalue weighted by atomic mass is 16.5. The second kappa shape index (κ2) is 18.4. The number of methoxy groups -OCH3 is 2. The largest absolute Gasteiger partial charge is 0.453 e. The minimum absolute atomic E-state index is 0.0536. The number of aromatic amines is 2. The molecule has 1 saturated carbocycles. The lowest BCUT2D eigenvalue weighted by atomic mass is 9.63. The van der Waals surface area contributed by atoms with Gasteiger partial charge in [-0.2, -0.15) is 0 Å². The topological polar surface area (TPSA) is 175 Å². The van der Waals surface area contributed by atoms with Crippen LogP contribution in [-0.4, -0.2) is 93.1 Å². The molecule has 0 radical (unpaired) electrons. The molecule has 0 spiro atoms. The second-order valence-electron chi connectivity index (χ2n) is 18.9. The van der Waals surface area contributed by atoms with Gasteiger partial charge in [-0.15, -0.1) is 0 Å². The first kappa shape index (κ1) is 44.0. The fraction of sp³-hybridized carbons (Fsp3) is 0.490. The van der Waals surface area contributed by atoms with E-state index in [4.69, 9.17) is 19.4 Å². The number of benzene rings is 3. The second-order valence-corrected chi connectivity index (χ2v) is 18.9. The molecule has 3 aromatic carbocycles. The van der Waals surface area contributed by atoms with Gasteiger partial charge in [0.25, 0.3) is 0 Å². The summed E-state index contributed by atoms with van der Waals surface area (Å²) in [6.07, 6.45) is 9.48. The maximum atomic E-state index is 14.0. The highest BCUT2D eigenvalue weighted by Crippen LogP contribution is 2.55. The summed E-state index contributed by atoms with van der Waals surface area (Å²) in [6.45, 7) is 9.04. The smallest absolute Gasteiger partial charge is 0.407 e. The molecule has 2 saturated heterocycles. The van der Waals surface area contributed by atoms with E-state index in [-0.39, 0.29) is 35.7 Å². The summed E-state index contributed by atoms with van der Waals surface area (Å²) in [5.41, 5.74) is 11.6. The lowest BCUT2D eigenvalue weighted by Crippen LogP contribution is -2.51. The number of alkyl carbamates (subject to hydrolysis) is 2. The van der Waals surface area contributed by atoms with E-state index in [0.29, 0.717) is 24.9 Å². The maximum absolute atomic E-state index is 14.0. The quantitative estimate of drug-likeness (QED) is 0.0959. The van der Waals surface area contributed by atoms with Crippen LogP contribution in [0.1, 0.15) is 132 Å². The zero-order valence-corrected chi connectivity index (χ0v) is 38.4. The van der Waals surface area contributed by atoms with E-state index in [1.807, 2.05) is 43.7 Å². The van der Waals surface area contributed by atoms with Gasteiger partial charge in [-0.25, -0.2) is 19.6 Å². The fourth-order valence-electron chi connectivity index (χ4n) is 11.1. The van der Waals surface area contributed by atoms with Gasteiger partial charge >= 0.3 is 12.2 Å². The number of fused-ring (bicyclic) bond motifs is 3. The van der Waals surface area contributed by atoms with Crippen LogP contribution in [0.5, 0.6) is 0 Å². The summed E-state index contributed by atoms with van der Waals surface area (Å²) in [4.78, 5) is 72.6. The number of hydrogen-bond donors (Lipinski definition) is 4. The van der Waals surface area contributed by atoms with Crippen LogP contribution < -0.4 is 10.6 Å². The normalized spacial score (nSPS) is 21.6. The Balaban J connectivity index is 0.962. The molecule has 5 aromatic rings. The summed E-state index contributed by atoms with van der Waals surface area (Å²) in [6, 6.07) is 18.1. The first-order chi connectivity index (χ1) is 31.5. The minimum atomic E-state index is -0.685. The number of H-pyrrole nitrogens is 2. The number of aromatic nitrogens is 4. The van der Waals surface area contributed by atoms with E-state index >= 15 is 0 Å². The van der Waals surface area contributed by atoms with Crippen LogP contribution in [0.25, 0.3) is 44.5 Å². The third-order valence-electron chi connectivity index (χ3n) is 14.8. The molecule has 1 unspecified atom stereocenters. The first-order valence-corrected chi connectivity index (χ1v) is 23.6. The summed E-state index contributed by atoms with van der Waals surface area (Å²) in [7, 11) is 2.62. The van der Waals surface area contributed by atoms with Crippen molar-refractivity contribution in [2.24, 2.45) is 11.8 Å². The molecule has 2 aliphatic heterocycles. The molecule has 4 heterocycles. The number of nitrogens with zero attached hydrogens (tertiary/aromatic N) is 4. The first-order valence-electron chi connectivity index (χ1n) is 23.6. The number of imidazole rings is 2. The number of carbonyl (C=O) groups excluding carboxylic acids is 4. The van der Waals surface area contributed by atoms with Crippen molar-refractivity contribution < 1.29 is 28.7 Å². The van der Waals surface area contributed by atoms with Gasteiger partial charge in [-0.3, -0.25) is 9.59 Å². The van der Waals surface area contributed by atoms with Crippen molar-refractivity contribution in [2.45, 2.75) is 121 Å². The molecule has 2 aromatic heterocycles. The van der Waals surface area contributed by atoms with Crippen LogP contribution >= 0.6 is 0 Å². The van der Waals surface area contributed by atoms with Crippen molar-refractivity contribution in [1.29, 1.82) is 0 Å². The third kappa shape index (κ3) is 8.36. The number of amides is 4. The molecule has 5 aliphatic rings. The number of likely N-dealkylation sites (tertiary alicyclic amines) is 2. The van der Waals surface area contributed by atoms with E-state index in [1.54, 1.807) is 0 Å². The molecule has 4 N–H and O–H groups in total. The van der Waals surface area contributed by atoms with Gasteiger partial charge in [0.05, 0.1) is 49.2 Å². The number of carbonyl (C=O) groups is 4. The van der Waals surface area contributed by atoms with Crippen molar-refractivity contribution in [1.82, 2.24) is 40.4 Å². The summed E-state index contributed by atoms with van der Waals surface area (Å²) < 4.78 is 9.67. The van der Waals surface area contributed by atoms with Gasteiger partial charge in [-0.1, -0.05) is 76.6 Å². The number of hydrogen-bond acceptors (Lipinski definition) is 8. The molecule has 4 amide bonds. The van der Waals surface area contributed by atoms with E-state index in [1.165, 1.54) is 67.7 Å². The average molecular weight is 883 g/mol. The summed E-state index contributed by atoms with van der Waals surface area (Å²) >= 11 is 0. The van der Waals surface area contributed by atoms with E-state index < -0.39 is 24.3 Å². The predicted molar refractivity (Wildman–Crippen MR) is 249 cm³/mol. The zero-order valence-electron chi connectivity index (χ0n) is 38.4. The Morgan fingerprint density at radius 2 is 1.23 bits per heavy atom. The number of rotatable bonds is 12. The number of ether oxygens (including phenoxy) is 2. The lowest BCUT2D eigenvalue weighted by molar-refractivity contribution is -0.136. The zero-order chi connectivity index (χ0) is 45.5. The van der Waals surface area contributed by atoms with Gasteiger partial charge in [-0.05, 0) is 126 Å². The Kier molecular flexibility index (Phi) is 12.4. The minimum Gasteiger partial charge on any atom is -0.453 e. The lowest BCUT2D eigenvalue weighted by Gasteiger charge is -2.41. The molecule has 65 heavy (non-hydrogen) atoms. The van der Waals surface area contributed by atoms with E-state index in [2.05, 4.69) is 75.2 Å². The molecule has 3 fully saturated rings. The van der Waals surface area contributed by atoms with Crippen LogP contribution in [0, 0.1) is 11.8 Å². The Bertz CT molecular complexity index is 2570. The molecule has 5 atom stereocenters. The molecular formula is C51H62N8O6. The Labute approximate surface area is 380 Å². The average Bonchev–Trinajstić information content (AvgIpc) is 4.18. The monoisotopic (exact) mass is 882 g/mol. The molecular weight excluding hydrogens is 821 g/mol. The highest BCUT2D eigenvalue weighted by Gasteiger charge is 2.40. The molecule has 342 valence electrons. The van der Waals surface area contributed by atoms with Crippen molar-refractivity contribution in [2.75, 3.05) is 27.3 Å². The van der Waals surface area contributed by atoms with Gasteiger partial charge in [0.1, 0.15) is 23.7 Å². The van der Waals surface area contributed by atoms with Crippen LogP contribution in [0.15, 0.2) is 60.8 Å². The summed E-state index contributed by atoms with van der Waals surface area (Å²) in [5.74, 6) is 2.15. The van der Waals surface area contributed by atoms with Crippen molar-refractivity contribution in [3.05, 3.63) is 83.6 Å². The SMILES string of the molecule is CCC(C)[C@H](NC(=O)OC)C(=O)N1CCC[C@H]1c1nc2ccc(-c3ccc(-c4ccc(-c5cnc([C@@H]6CCCN6C(=O)[C@@H](NC(=O)OC)C(C)C)[nH]5)cc4)c4c3C3CCC4CC3)cc2[nH]1. The van der Waals surface area contributed by atoms with Gasteiger partial charge in [0.2, 0.25) is 11.8 Å². The van der Waals surface area contributed by atoms with Gasteiger partial charge in [0, 0.05) is 13.1 Å². The molecule has 10 rings (SSSR count). The molecule has 14 nitrogen and oxygen atoms in total. The highest BCUT2D eigenvalue weighted by molar-refractivity contribution is 5.89. The number of nitrogens with one attached hydrogen (secondary N) is 4. The van der Waals surface area contributed by atoms with Crippen LogP contribution in [0.3, 0.4) is 0 Å². The predicted octanol–water partition coefficient (Wildman–Crippen LogP) is 9.52.